The summed E-state index contributed by atoms with van der Waals surface area (Å²) in [5.74, 6) is -1.23. The molecule has 1 saturated heterocycles. The van der Waals surface area contributed by atoms with Gasteiger partial charge in [-0.25, -0.2) is 4.79 Å². The highest BCUT2D eigenvalue weighted by Gasteiger charge is 2.55. The summed E-state index contributed by atoms with van der Waals surface area (Å²) < 4.78 is 4.87. The van der Waals surface area contributed by atoms with E-state index in [9.17, 15) is 19.2 Å². The molecule has 25 heavy (non-hydrogen) atoms. The lowest BCUT2D eigenvalue weighted by Crippen LogP contribution is -2.54. The molecule has 0 aromatic heterocycles. The highest BCUT2D eigenvalue weighted by atomic mass is 16.5. The van der Waals surface area contributed by atoms with E-state index in [1.165, 1.54) is 0 Å². The number of esters is 1. The first-order chi connectivity index (χ1) is 11.8. The predicted molar refractivity (Wildman–Crippen MR) is 89.4 cm³/mol. The molecule has 140 valence electrons. The Balaban J connectivity index is 1.87. The van der Waals surface area contributed by atoms with Crippen LogP contribution in [0.2, 0.25) is 0 Å². The van der Waals surface area contributed by atoms with Crippen LogP contribution in [0, 0.1) is 11.8 Å². The summed E-state index contributed by atoms with van der Waals surface area (Å²) in [4.78, 5) is 49.2. The monoisotopic (exact) mass is 353 g/mol. The number of hydrogen-bond donors (Lipinski definition) is 2. The van der Waals surface area contributed by atoms with Gasteiger partial charge in [-0.1, -0.05) is 33.6 Å². The lowest BCUT2D eigenvalue weighted by molar-refractivity contribution is -0.151. The topological polar surface area (TPSA) is 105 Å². The van der Waals surface area contributed by atoms with Crippen LogP contribution in [-0.4, -0.2) is 54.0 Å². The first-order valence-electron chi connectivity index (χ1n) is 8.82. The van der Waals surface area contributed by atoms with Crippen molar-refractivity contribution in [3.63, 3.8) is 0 Å². The number of carbonyl (C=O) groups excluding carboxylic acids is 4. The normalized spacial score (nSPS) is 26.1. The Morgan fingerprint density at radius 3 is 2.72 bits per heavy atom. The maximum Gasteiger partial charge on any atom is 0.326 e. The van der Waals surface area contributed by atoms with Crippen LogP contribution >= 0.6 is 0 Å². The Morgan fingerprint density at radius 2 is 2.08 bits per heavy atom. The first-order valence-corrected chi connectivity index (χ1v) is 8.82. The van der Waals surface area contributed by atoms with E-state index in [0.717, 1.165) is 24.2 Å². The Kier molecular flexibility index (Phi) is 6.02. The summed E-state index contributed by atoms with van der Waals surface area (Å²) in [5, 5.41) is 5.40. The van der Waals surface area contributed by atoms with Crippen molar-refractivity contribution in [3.05, 3.63) is 0 Å². The van der Waals surface area contributed by atoms with Crippen molar-refractivity contribution in [1.82, 2.24) is 15.5 Å². The molecule has 1 aliphatic carbocycles. The molecule has 0 radical (unpaired) electrons. The van der Waals surface area contributed by atoms with E-state index in [4.69, 9.17) is 4.74 Å². The van der Waals surface area contributed by atoms with Gasteiger partial charge in [-0.05, 0) is 24.7 Å². The van der Waals surface area contributed by atoms with Crippen LogP contribution in [-0.2, 0) is 19.1 Å². The van der Waals surface area contributed by atoms with E-state index in [0.29, 0.717) is 18.9 Å². The van der Waals surface area contributed by atoms with Gasteiger partial charge in [0, 0.05) is 6.54 Å². The Labute approximate surface area is 147 Å². The summed E-state index contributed by atoms with van der Waals surface area (Å²) in [6, 6.07) is -0.569. The molecule has 1 aliphatic heterocycles. The molecule has 2 fully saturated rings. The third-order valence-electron chi connectivity index (χ3n) is 4.86. The number of hydrogen-bond acceptors (Lipinski definition) is 5. The Morgan fingerprint density at radius 1 is 1.36 bits per heavy atom. The molecule has 1 heterocycles. The fourth-order valence-electron chi connectivity index (χ4n) is 3.33. The van der Waals surface area contributed by atoms with Gasteiger partial charge in [0.15, 0.2) is 6.61 Å². The number of ether oxygens (including phenoxy) is 1. The van der Waals surface area contributed by atoms with Gasteiger partial charge in [-0.2, -0.15) is 0 Å². The maximum atomic E-state index is 12.7. The number of carbonyl (C=O) groups is 4. The molecule has 2 aliphatic rings. The highest BCUT2D eigenvalue weighted by molar-refractivity contribution is 6.09. The molecule has 8 heteroatoms. The van der Waals surface area contributed by atoms with E-state index in [1.54, 1.807) is 0 Å². The zero-order valence-corrected chi connectivity index (χ0v) is 15.1. The minimum atomic E-state index is -0.899. The van der Waals surface area contributed by atoms with Gasteiger partial charge in [0.1, 0.15) is 12.1 Å². The fourth-order valence-corrected chi connectivity index (χ4v) is 3.33. The van der Waals surface area contributed by atoms with Crippen molar-refractivity contribution in [1.29, 1.82) is 0 Å². The van der Waals surface area contributed by atoms with E-state index in [2.05, 4.69) is 10.6 Å². The minimum Gasteiger partial charge on any atom is -0.454 e. The molecular formula is C17H27N3O5. The molecule has 1 spiro atoms. The number of imide groups is 1. The lowest BCUT2D eigenvalue weighted by Gasteiger charge is -2.36. The minimum absolute atomic E-state index is 0.0283. The van der Waals surface area contributed by atoms with Gasteiger partial charge in [0.25, 0.3) is 11.8 Å². The van der Waals surface area contributed by atoms with Crippen molar-refractivity contribution in [3.8, 4) is 0 Å². The Bertz CT molecular complexity index is 562. The summed E-state index contributed by atoms with van der Waals surface area (Å²) in [5.41, 5.74) is -0.899. The molecule has 2 atom stereocenters. The maximum absolute atomic E-state index is 12.7. The average Bonchev–Trinajstić information content (AvgIpc) is 2.79. The molecular weight excluding hydrogens is 326 g/mol. The molecule has 4 amide bonds. The molecule has 1 saturated carbocycles. The van der Waals surface area contributed by atoms with Gasteiger partial charge in [0.05, 0.1) is 0 Å². The summed E-state index contributed by atoms with van der Waals surface area (Å²) in [6.07, 6.45) is 3.34. The van der Waals surface area contributed by atoms with E-state index >= 15 is 0 Å². The second kappa shape index (κ2) is 7.84. The molecule has 0 aromatic rings. The molecule has 8 nitrogen and oxygen atoms in total. The van der Waals surface area contributed by atoms with Gasteiger partial charge < -0.3 is 15.4 Å². The summed E-state index contributed by atoms with van der Waals surface area (Å²) in [7, 11) is 0. The van der Waals surface area contributed by atoms with Crippen LogP contribution in [0.25, 0.3) is 0 Å². The number of urea groups is 1. The van der Waals surface area contributed by atoms with Crippen molar-refractivity contribution < 1.29 is 23.9 Å². The Hall–Kier alpha value is -2.12. The third kappa shape index (κ3) is 4.29. The zero-order valence-electron chi connectivity index (χ0n) is 15.1. The van der Waals surface area contributed by atoms with Crippen molar-refractivity contribution in [2.45, 2.75) is 52.0 Å². The summed E-state index contributed by atoms with van der Waals surface area (Å²) in [6.45, 7) is 5.44. The van der Waals surface area contributed by atoms with Crippen LogP contribution in [0.4, 0.5) is 4.79 Å². The number of amides is 4. The van der Waals surface area contributed by atoms with E-state index < -0.39 is 36.6 Å². The van der Waals surface area contributed by atoms with E-state index in [1.807, 2.05) is 20.8 Å². The average molecular weight is 353 g/mol. The molecule has 0 unspecified atom stereocenters. The molecule has 0 bridgehead atoms. The second-order valence-electron chi connectivity index (χ2n) is 7.30. The predicted octanol–water partition coefficient (Wildman–Crippen LogP) is 0.803. The third-order valence-corrected chi connectivity index (χ3v) is 4.86. The van der Waals surface area contributed by atoms with Gasteiger partial charge in [0.2, 0.25) is 0 Å². The SMILES string of the molecule is CC(C)CNC(=O)COC(=O)CN1C(=O)N[C@]2(CCCC[C@@H]2C)C1=O. The second-order valence-corrected chi connectivity index (χ2v) is 7.30. The van der Waals surface area contributed by atoms with Crippen LogP contribution in [0.1, 0.15) is 46.5 Å². The number of rotatable bonds is 6. The summed E-state index contributed by atoms with van der Waals surface area (Å²) >= 11 is 0. The van der Waals surface area contributed by atoms with Crippen molar-refractivity contribution >= 4 is 23.8 Å². The lowest BCUT2D eigenvalue weighted by atomic mass is 9.73. The highest BCUT2D eigenvalue weighted by Crippen LogP contribution is 2.38. The smallest absolute Gasteiger partial charge is 0.326 e. The molecule has 2 N–H and O–H groups in total. The first kappa shape index (κ1) is 19.2. The van der Waals surface area contributed by atoms with Crippen LogP contribution in [0.5, 0.6) is 0 Å². The number of nitrogens with one attached hydrogen (secondary N) is 2. The van der Waals surface area contributed by atoms with Crippen LogP contribution in [0.3, 0.4) is 0 Å². The van der Waals surface area contributed by atoms with Gasteiger partial charge >= 0.3 is 12.0 Å². The zero-order chi connectivity index (χ0) is 18.6. The van der Waals surface area contributed by atoms with Crippen molar-refractivity contribution in [2.75, 3.05) is 19.7 Å². The van der Waals surface area contributed by atoms with Gasteiger partial charge in [-0.3, -0.25) is 19.3 Å². The number of nitrogens with zero attached hydrogens (tertiary/aromatic N) is 1. The quantitative estimate of drug-likeness (QED) is 0.543. The molecule has 2 rings (SSSR count). The van der Waals surface area contributed by atoms with Crippen molar-refractivity contribution in [2.24, 2.45) is 11.8 Å². The van der Waals surface area contributed by atoms with E-state index in [-0.39, 0.29) is 11.8 Å². The van der Waals surface area contributed by atoms with Crippen LogP contribution < -0.4 is 10.6 Å². The largest absolute Gasteiger partial charge is 0.454 e. The standard InChI is InChI=1S/C17H27N3O5/c1-11(2)8-18-13(21)10-25-14(22)9-20-15(23)17(19-16(20)24)7-5-4-6-12(17)3/h11-12H,4-10H2,1-3H3,(H,18,21)(H,19,24)/t12-,17-/m0/s1. The fraction of sp³-hybridized carbons (Fsp3) is 0.765. The van der Waals surface area contributed by atoms with Gasteiger partial charge in [-0.15, -0.1) is 0 Å². The molecule has 0 aromatic carbocycles. The van der Waals surface area contributed by atoms with Crippen LogP contribution in [0.15, 0.2) is 0 Å².